The molecule has 0 aliphatic carbocycles. The number of hydrogen-bond acceptors (Lipinski definition) is 3. The number of likely N-dealkylation sites (N-methyl/N-ethyl adjacent to an activating group) is 1. The van der Waals surface area contributed by atoms with Gasteiger partial charge in [-0.05, 0) is 44.9 Å². The van der Waals surface area contributed by atoms with Gasteiger partial charge < -0.3 is 16.0 Å². The summed E-state index contributed by atoms with van der Waals surface area (Å²) in [5.74, 6) is -0.268. The molecule has 1 atom stereocenters. The molecule has 0 aliphatic heterocycles. The zero-order valence-electron chi connectivity index (χ0n) is 12.9. The van der Waals surface area contributed by atoms with Crippen LogP contribution >= 0.6 is 0 Å². The van der Waals surface area contributed by atoms with Crippen molar-refractivity contribution in [2.24, 2.45) is 5.73 Å². The van der Waals surface area contributed by atoms with Crippen molar-refractivity contribution in [3.63, 3.8) is 0 Å². The second-order valence-electron chi connectivity index (χ2n) is 5.44. The van der Waals surface area contributed by atoms with E-state index < -0.39 is 5.54 Å². The quantitative estimate of drug-likeness (QED) is 0.680. The van der Waals surface area contributed by atoms with Gasteiger partial charge in [0, 0.05) is 19.3 Å². The molecule has 0 saturated heterocycles. The Balaban J connectivity index is 2.35. The number of unbranched alkanes of at least 4 members (excludes halogenated alkanes) is 1. The monoisotopic (exact) mass is 277 g/mol. The summed E-state index contributed by atoms with van der Waals surface area (Å²) < 4.78 is 0. The number of carbonyl (C=O) groups excluding carboxylic acids is 1. The summed E-state index contributed by atoms with van der Waals surface area (Å²) >= 11 is 0. The number of carbonyl (C=O) groups is 1. The molecule has 0 bridgehead atoms. The topological polar surface area (TPSA) is 58.4 Å². The summed E-state index contributed by atoms with van der Waals surface area (Å²) in [4.78, 5) is 13.7. The van der Waals surface area contributed by atoms with Crippen molar-refractivity contribution in [2.75, 3.05) is 25.0 Å². The highest BCUT2D eigenvalue weighted by atomic mass is 16.1. The number of nitrogens with zero attached hydrogens (tertiary/aromatic N) is 1. The summed E-state index contributed by atoms with van der Waals surface area (Å²) in [5, 5.41) is 3.19. The highest BCUT2D eigenvalue weighted by Crippen LogP contribution is 2.16. The predicted octanol–water partition coefficient (Wildman–Crippen LogP) is 2.15. The first kappa shape index (κ1) is 16.5. The number of anilines is 1. The van der Waals surface area contributed by atoms with Crippen LogP contribution < -0.4 is 16.0 Å². The molecule has 1 amide bonds. The lowest BCUT2D eigenvalue weighted by molar-refractivity contribution is -0.124. The molecule has 112 valence electrons. The average Bonchev–Trinajstić information content (AvgIpc) is 2.44. The van der Waals surface area contributed by atoms with Crippen LogP contribution in [0.2, 0.25) is 0 Å². The van der Waals surface area contributed by atoms with E-state index in [1.54, 1.807) is 0 Å². The van der Waals surface area contributed by atoms with Gasteiger partial charge in [0.15, 0.2) is 0 Å². The zero-order chi connectivity index (χ0) is 15.0. The summed E-state index contributed by atoms with van der Waals surface area (Å²) in [7, 11) is 2.09. The van der Waals surface area contributed by atoms with Crippen molar-refractivity contribution in [3.05, 3.63) is 30.3 Å². The van der Waals surface area contributed by atoms with Crippen LogP contribution in [0.15, 0.2) is 30.3 Å². The van der Waals surface area contributed by atoms with Crippen LogP contribution in [0, 0.1) is 0 Å². The van der Waals surface area contributed by atoms with Crippen molar-refractivity contribution >= 4 is 11.6 Å². The molecule has 3 N–H and O–H groups in total. The fourth-order valence-corrected chi connectivity index (χ4v) is 2.33. The summed E-state index contributed by atoms with van der Waals surface area (Å²) in [6.07, 6.45) is 2.79. The van der Waals surface area contributed by atoms with E-state index in [9.17, 15) is 4.79 Å². The molecule has 0 aromatic heterocycles. The summed E-state index contributed by atoms with van der Waals surface area (Å²) in [6, 6.07) is 10.3. The Morgan fingerprint density at radius 2 is 1.95 bits per heavy atom. The van der Waals surface area contributed by atoms with Crippen LogP contribution in [0.4, 0.5) is 5.69 Å². The lowest BCUT2D eigenvalue weighted by Crippen LogP contribution is -2.53. The number of para-hydroxylation sites is 1. The van der Waals surface area contributed by atoms with Crippen molar-refractivity contribution in [1.29, 1.82) is 0 Å². The lowest BCUT2D eigenvalue weighted by atomic mass is 9.94. The summed E-state index contributed by atoms with van der Waals surface area (Å²) in [5.41, 5.74) is 6.11. The number of primary amides is 1. The van der Waals surface area contributed by atoms with Gasteiger partial charge in [0.2, 0.25) is 5.91 Å². The SMILES string of the molecule is CCNC(C)(CCCCN(C)c1ccccc1)C(N)=O. The van der Waals surface area contributed by atoms with Crippen LogP contribution in [0.1, 0.15) is 33.1 Å². The number of amides is 1. The molecule has 0 heterocycles. The fraction of sp³-hybridized carbons (Fsp3) is 0.562. The van der Waals surface area contributed by atoms with Crippen LogP contribution in [-0.4, -0.2) is 31.6 Å². The Labute approximate surface area is 122 Å². The molecular formula is C16H27N3O. The second kappa shape index (κ2) is 7.90. The smallest absolute Gasteiger partial charge is 0.237 e. The van der Waals surface area contributed by atoms with Crippen molar-refractivity contribution < 1.29 is 4.79 Å². The minimum Gasteiger partial charge on any atom is -0.375 e. The van der Waals surface area contributed by atoms with E-state index in [0.29, 0.717) is 0 Å². The number of nitrogens with one attached hydrogen (secondary N) is 1. The third-order valence-corrected chi connectivity index (χ3v) is 3.73. The van der Waals surface area contributed by atoms with Crippen LogP contribution in [-0.2, 0) is 4.79 Å². The Morgan fingerprint density at radius 3 is 2.50 bits per heavy atom. The van der Waals surface area contributed by atoms with Gasteiger partial charge in [0.05, 0.1) is 5.54 Å². The molecule has 0 aliphatic rings. The van der Waals surface area contributed by atoms with Gasteiger partial charge in [0.1, 0.15) is 0 Å². The van der Waals surface area contributed by atoms with E-state index in [0.717, 1.165) is 32.4 Å². The molecule has 4 nitrogen and oxygen atoms in total. The largest absolute Gasteiger partial charge is 0.375 e. The van der Waals surface area contributed by atoms with Crippen LogP contribution in [0.3, 0.4) is 0 Å². The van der Waals surface area contributed by atoms with E-state index in [1.807, 2.05) is 32.0 Å². The van der Waals surface area contributed by atoms with Gasteiger partial charge in [-0.3, -0.25) is 4.79 Å². The van der Waals surface area contributed by atoms with Gasteiger partial charge in [-0.1, -0.05) is 25.1 Å². The third kappa shape index (κ3) is 4.85. The molecule has 0 spiro atoms. The molecule has 0 saturated carbocycles. The normalized spacial score (nSPS) is 13.8. The maximum Gasteiger partial charge on any atom is 0.237 e. The highest BCUT2D eigenvalue weighted by molar-refractivity contribution is 5.84. The standard InChI is InChI=1S/C16H27N3O/c1-4-18-16(2,15(17)20)12-8-9-13-19(3)14-10-6-5-7-11-14/h5-7,10-11,18H,4,8-9,12-13H2,1-3H3,(H2,17,20). The number of nitrogens with two attached hydrogens (primary N) is 1. The molecule has 1 aromatic carbocycles. The molecule has 20 heavy (non-hydrogen) atoms. The van der Waals surface area contributed by atoms with E-state index in [-0.39, 0.29) is 5.91 Å². The van der Waals surface area contributed by atoms with Gasteiger partial charge in [-0.15, -0.1) is 0 Å². The van der Waals surface area contributed by atoms with Gasteiger partial charge in [-0.2, -0.15) is 0 Å². The maximum atomic E-state index is 11.5. The van der Waals surface area contributed by atoms with Gasteiger partial charge in [0.25, 0.3) is 0 Å². The van der Waals surface area contributed by atoms with Gasteiger partial charge >= 0.3 is 0 Å². The van der Waals surface area contributed by atoms with E-state index in [1.165, 1.54) is 5.69 Å². The Morgan fingerprint density at radius 1 is 1.30 bits per heavy atom. The first-order valence-corrected chi connectivity index (χ1v) is 7.30. The van der Waals surface area contributed by atoms with E-state index in [2.05, 4.69) is 29.4 Å². The Kier molecular flexibility index (Phi) is 6.52. The van der Waals surface area contributed by atoms with Crippen molar-refractivity contribution in [3.8, 4) is 0 Å². The van der Waals surface area contributed by atoms with E-state index >= 15 is 0 Å². The molecule has 1 rings (SSSR count). The zero-order valence-corrected chi connectivity index (χ0v) is 12.9. The maximum absolute atomic E-state index is 11.5. The predicted molar refractivity (Wildman–Crippen MR) is 84.8 cm³/mol. The summed E-state index contributed by atoms with van der Waals surface area (Å²) in [6.45, 7) is 5.61. The Hall–Kier alpha value is -1.55. The first-order valence-electron chi connectivity index (χ1n) is 7.30. The molecule has 0 radical (unpaired) electrons. The van der Waals surface area contributed by atoms with Crippen molar-refractivity contribution in [2.45, 2.75) is 38.6 Å². The molecule has 1 unspecified atom stereocenters. The van der Waals surface area contributed by atoms with Crippen LogP contribution in [0.25, 0.3) is 0 Å². The fourth-order valence-electron chi connectivity index (χ4n) is 2.33. The average molecular weight is 277 g/mol. The molecule has 1 aromatic rings. The third-order valence-electron chi connectivity index (χ3n) is 3.73. The minimum absolute atomic E-state index is 0.268. The number of rotatable bonds is 9. The van der Waals surface area contributed by atoms with Crippen LogP contribution in [0.5, 0.6) is 0 Å². The molecule has 4 heteroatoms. The highest BCUT2D eigenvalue weighted by Gasteiger charge is 2.28. The second-order valence-corrected chi connectivity index (χ2v) is 5.44. The number of benzene rings is 1. The van der Waals surface area contributed by atoms with E-state index in [4.69, 9.17) is 5.73 Å². The lowest BCUT2D eigenvalue weighted by Gasteiger charge is -2.27. The number of hydrogen-bond donors (Lipinski definition) is 2. The molecular weight excluding hydrogens is 250 g/mol. The van der Waals surface area contributed by atoms with Crippen molar-refractivity contribution in [1.82, 2.24) is 5.32 Å². The first-order chi connectivity index (χ1) is 9.49. The minimum atomic E-state index is -0.583. The van der Waals surface area contributed by atoms with Gasteiger partial charge in [-0.25, -0.2) is 0 Å². The molecule has 0 fully saturated rings. The Bertz CT molecular complexity index is 407.